The van der Waals surface area contributed by atoms with Gasteiger partial charge in [-0.25, -0.2) is 14.2 Å². The molecule has 0 radical (unpaired) electrons. The van der Waals surface area contributed by atoms with Crippen molar-refractivity contribution in [1.82, 2.24) is 4.98 Å². The van der Waals surface area contributed by atoms with Crippen LogP contribution >= 0.6 is 0 Å². The molecule has 0 amide bonds. The van der Waals surface area contributed by atoms with Gasteiger partial charge in [-0.1, -0.05) is 18.2 Å². The first-order chi connectivity index (χ1) is 13.1. The Bertz CT molecular complexity index is 1130. The van der Waals surface area contributed by atoms with Crippen molar-refractivity contribution in [1.29, 1.82) is 0 Å². The summed E-state index contributed by atoms with van der Waals surface area (Å²) >= 11 is 0. The lowest BCUT2D eigenvalue weighted by Crippen LogP contribution is -2.00. The summed E-state index contributed by atoms with van der Waals surface area (Å²) in [4.78, 5) is 16.1. The predicted molar refractivity (Wildman–Crippen MR) is 101 cm³/mol. The summed E-state index contributed by atoms with van der Waals surface area (Å²) in [6.07, 6.45) is 0. The van der Waals surface area contributed by atoms with E-state index in [0.717, 1.165) is 11.3 Å². The Kier molecular flexibility index (Phi) is 4.26. The van der Waals surface area contributed by atoms with Crippen LogP contribution in [0.4, 0.5) is 4.39 Å². The summed E-state index contributed by atoms with van der Waals surface area (Å²) in [6.45, 7) is 0. The smallest absolute Gasteiger partial charge is 0.336 e. The highest BCUT2D eigenvalue weighted by atomic mass is 19.1. The molecule has 0 unspecified atom stereocenters. The number of pyridine rings is 1. The van der Waals surface area contributed by atoms with Crippen molar-refractivity contribution in [2.75, 3.05) is 0 Å². The van der Waals surface area contributed by atoms with E-state index in [0.29, 0.717) is 17.0 Å². The van der Waals surface area contributed by atoms with Crippen LogP contribution in [0.1, 0.15) is 10.4 Å². The SMILES string of the molecule is O=C(O)c1cc(-c2ccc(Oc3ccccc3)cc2)nc2ccc(F)cc12. The Balaban J connectivity index is 1.71. The molecule has 3 aromatic carbocycles. The van der Waals surface area contributed by atoms with Crippen molar-refractivity contribution >= 4 is 16.9 Å². The third-order valence-corrected chi connectivity index (χ3v) is 4.13. The molecule has 27 heavy (non-hydrogen) atoms. The quantitative estimate of drug-likeness (QED) is 0.520. The van der Waals surface area contributed by atoms with Gasteiger partial charge in [0.25, 0.3) is 0 Å². The molecule has 1 heterocycles. The van der Waals surface area contributed by atoms with E-state index in [-0.39, 0.29) is 10.9 Å². The van der Waals surface area contributed by atoms with Crippen LogP contribution in [0.25, 0.3) is 22.2 Å². The van der Waals surface area contributed by atoms with E-state index in [1.165, 1.54) is 24.3 Å². The second kappa shape index (κ2) is 6.88. The van der Waals surface area contributed by atoms with Gasteiger partial charge in [-0.05, 0) is 60.7 Å². The molecule has 1 N–H and O–H groups in total. The molecule has 1 aromatic heterocycles. The first-order valence-corrected chi connectivity index (χ1v) is 8.27. The Hall–Kier alpha value is -3.73. The van der Waals surface area contributed by atoms with Crippen LogP contribution in [0.5, 0.6) is 11.5 Å². The van der Waals surface area contributed by atoms with Gasteiger partial charge in [0.1, 0.15) is 17.3 Å². The maximum Gasteiger partial charge on any atom is 0.336 e. The molecule has 0 aliphatic rings. The third-order valence-electron chi connectivity index (χ3n) is 4.13. The van der Waals surface area contributed by atoms with Crippen LogP contribution < -0.4 is 4.74 Å². The summed E-state index contributed by atoms with van der Waals surface area (Å²) < 4.78 is 19.3. The number of benzene rings is 3. The fourth-order valence-corrected chi connectivity index (χ4v) is 2.84. The first kappa shape index (κ1) is 16.7. The van der Waals surface area contributed by atoms with Gasteiger partial charge in [-0.15, -0.1) is 0 Å². The van der Waals surface area contributed by atoms with E-state index in [2.05, 4.69) is 4.98 Å². The molecule has 0 spiro atoms. The number of rotatable bonds is 4. The van der Waals surface area contributed by atoms with E-state index in [1.807, 2.05) is 42.5 Å². The van der Waals surface area contributed by atoms with Crippen LogP contribution in [0, 0.1) is 5.82 Å². The van der Waals surface area contributed by atoms with Crippen LogP contribution in [0.2, 0.25) is 0 Å². The number of nitrogens with zero attached hydrogens (tertiary/aromatic N) is 1. The van der Waals surface area contributed by atoms with Gasteiger partial charge in [0.05, 0.1) is 16.8 Å². The van der Waals surface area contributed by atoms with Gasteiger partial charge in [0.2, 0.25) is 0 Å². The molecule has 5 heteroatoms. The molecular formula is C22H14FNO3. The average molecular weight is 359 g/mol. The lowest BCUT2D eigenvalue weighted by atomic mass is 10.0. The number of carboxylic acids is 1. The number of carboxylic acid groups (broad SMARTS) is 1. The topological polar surface area (TPSA) is 59.4 Å². The molecule has 0 fully saturated rings. The van der Waals surface area contributed by atoms with Crippen molar-refractivity contribution < 1.29 is 19.0 Å². The fraction of sp³-hybridized carbons (Fsp3) is 0. The van der Waals surface area contributed by atoms with Crippen LogP contribution in [0.3, 0.4) is 0 Å². The zero-order chi connectivity index (χ0) is 18.8. The second-order valence-corrected chi connectivity index (χ2v) is 5.96. The van der Waals surface area contributed by atoms with Gasteiger partial charge in [0, 0.05) is 10.9 Å². The molecule has 0 saturated carbocycles. The van der Waals surface area contributed by atoms with Crippen molar-refractivity contribution in [3.8, 4) is 22.8 Å². The number of carbonyl (C=O) groups is 1. The lowest BCUT2D eigenvalue weighted by molar-refractivity contribution is 0.0699. The van der Waals surface area contributed by atoms with Gasteiger partial charge in [-0.3, -0.25) is 0 Å². The number of halogens is 1. The molecule has 132 valence electrons. The molecule has 0 bridgehead atoms. The number of aromatic carboxylic acids is 1. The van der Waals surface area contributed by atoms with E-state index in [4.69, 9.17) is 4.74 Å². The molecular weight excluding hydrogens is 345 g/mol. The van der Waals surface area contributed by atoms with Crippen LogP contribution in [0.15, 0.2) is 78.9 Å². The largest absolute Gasteiger partial charge is 0.478 e. The Morgan fingerprint density at radius 2 is 1.59 bits per heavy atom. The first-order valence-electron chi connectivity index (χ1n) is 8.27. The minimum atomic E-state index is -1.13. The molecule has 0 aliphatic heterocycles. The van der Waals surface area contributed by atoms with Gasteiger partial charge >= 0.3 is 5.97 Å². The van der Waals surface area contributed by atoms with Gasteiger partial charge in [0.15, 0.2) is 0 Å². The van der Waals surface area contributed by atoms with E-state index < -0.39 is 11.8 Å². The van der Waals surface area contributed by atoms with Crippen LogP contribution in [-0.4, -0.2) is 16.1 Å². The minimum absolute atomic E-state index is 0.0131. The number of ether oxygens (including phenoxy) is 1. The zero-order valence-corrected chi connectivity index (χ0v) is 14.1. The standard InChI is InChI=1S/C22H14FNO3/c23-15-8-11-20-18(12-15)19(22(25)26)13-21(24-20)14-6-9-17(10-7-14)27-16-4-2-1-3-5-16/h1-13H,(H,25,26). The van der Waals surface area contributed by atoms with E-state index >= 15 is 0 Å². The highest BCUT2D eigenvalue weighted by Gasteiger charge is 2.14. The molecule has 0 saturated heterocycles. The zero-order valence-electron chi connectivity index (χ0n) is 14.1. The maximum absolute atomic E-state index is 13.5. The number of fused-ring (bicyclic) bond motifs is 1. The highest BCUT2D eigenvalue weighted by Crippen LogP contribution is 2.28. The molecule has 0 aliphatic carbocycles. The second-order valence-electron chi connectivity index (χ2n) is 5.96. The number of hydrogen-bond acceptors (Lipinski definition) is 3. The molecule has 4 nitrogen and oxygen atoms in total. The van der Waals surface area contributed by atoms with E-state index in [9.17, 15) is 14.3 Å². The van der Waals surface area contributed by atoms with Gasteiger partial charge in [-0.2, -0.15) is 0 Å². The van der Waals surface area contributed by atoms with Crippen LogP contribution in [-0.2, 0) is 0 Å². The Morgan fingerprint density at radius 3 is 2.30 bits per heavy atom. The number of hydrogen-bond donors (Lipinski definition) is 1. The number of aromatic nitrogens is 1. The monoisotopic (exact) mass is 359 g/mol. The predicted octanol–water partition coefficient (Wildman–Crippen LogP) is 5.53. The fourth-order valence-electron chi connectivity index (χ4n) is 2.84. The summed E-state index contributed by atoms with van der Waals surface area (Å²) in [7, 11) is 0. The highest BCUT2D eigenvalue weighted by molar-refractivity contribution is 6.03. The van der Waals surface area contributed by atoms with Crippen molar-refractivity contribution in [3.05, 3.63) is 90.2 Å². The summed E-state index contributed by atoms with van der Waals surface area (Å²) in [5.74, 6) is -0.240. The Labute approximate surface area is 154 Å². The van der Waals surface area contributed by atoms with Crippen molar-refractivity contribution in [2.45, 2.75) is 0 Å². The van der Waals surface area contributed by atoms with Crippen molar-refractivity contribution in [2.24, 2.45) is 0 Å². The van der Waals surface area contributed by atoms with E-state index in [1.54, 1.807) is 12.1 Å². The minimum Gasteiger partial charge on any atom is -0.478 e. The molecule has 4 aromatic rings. The number of para-hydroxylation sites is 1. The summed E-state index contributed by atoms with van der Waals surface area (Å²) in [5.41, 5.74) is 1.68. The molecule has 0 atom stereocenters. The Morgan fingerprint density at radius 1 is 0.889 bits per heavy atom. The average Bonchev–Trinajstić information content (AvgIpc) is 2.68. The van der Waals surface area contributed by atoms with Gasteiger partial charge < -0.3 is 9.84 Å². The summed E-state index contributed by atoms with van der Waals surface area (Å²) in [6, 6.07) is 22.0. The molecule has 4 rings (SSSR count). The summed E-state index contributed by atoms with van der Waals surface area (Å²) in [5, 5.41) is 9.76. The lowest BCUT2D eigenvalue weighted by Gasteiger charge is -2.09. The maximum atomic E-state index is 13.5. The third kappa shape index (κ3) is 3.48. The van der Waals surface area contributed by atoms with Crippen molar-refractivity contribution in [3.63, 3.8) is 0 Å². The normalized spacial score (nSPS) is 10.7.